The van der Waals surface area contributed by atoms with E-state index in [4.69, 9.17) is 9.72 Å². The number of aromatic nitrogens is 1. The number of hydrogen-bond donors (Lipinski definition) is 0. The van der Waals surface area contributed by atoms with Gasteiger partial charge in [0.25, 0.3) is 0 Å². The summed E-state index contributed by atoms with van der Waals surface area (Å²) in [4.78, 5) is 21.3. The maximum Gasteiger partial charge on any atom is 0.222 e. The number of sulfone groups is 1. The van der Waals surface area contributed by atoms with Gasteiger partial charge in [0.2, 0.25) is 5.91 Å². The minimum Gasteiger partial charge on any atom is -0.494 e. The van der Waals surface area contributed by atoms with E-state index < -0.39 is 15.7 Å². The highest BCUT2D eigenvalue weighted by molar-refractivity contribution is 7.91. The number of halogens is 1. The van der Waals surface area contributed by atoms with E-state index in [1.807, 2.05) is 25.1 Å². The number of ether oxygens (including phenoxy) is 1. The Morgan fingerprint density at radius 2 is 1.85 bits per heavy atom. The van der Waals surface area contributed by atoms with Gasteiger partial charge in [-0.1, -0.05) is 11.3 Å². The van der Waals surface area contributed by atoms with Gasteiger partial charge < -0.3 is 14.5 Å². The minimum absolute atomic E-state index is 0.0467. The Bertz CT molecular complexity index is 1220. The van der Waals surface area contributed by atoms with Crippen molar-refractivity contribution in [3.05, 3.63) is 48.3 Å². The molecule has 3 aromatic rings. The van der Waals surface area contributed by atoms with E-state index in [-0.39, 0.29) is 29.4 Å². The van der Waals surface area contributed by atoms with Crippen molar-refractivity contribution in [3.63, 3.8) is 0 Å². The van der Waals surface area contributed by atoms with Gasteiger partial charge in [0.1, 0.15) is 11.6 Å². The van der Waals surface area contributed by atoms with Crippen LogP contribution < -0.4 is 9.64 Å². The third-order valence-electron chi connectivity index (χ3n) is 5.54. The molecule has 0 unspecified atom stereocenters. The van der Waals surface area contributed by atoms with E-state index in [1.165, 1.54) is 12.1 Å². The predicted molar refractivity (Wildman–Crippen MR) is 127 cm³/mol. The van der Waals surface area contributed by atoms with Gasteiger partial charge >= 0.3 is 0 Å². The predicted octanol–water partition coefficient (Wildman–Crippen LogP) is 3.74. The third-order valence-corrected chi connectivity index (χ3v) is 8.43. The van der Waals surface area contributed by atoms with Crippen LogP contribution in [0.4, 0.5) is 9.52 Å². The van der Waals surface area contributed by atoms with E-state index in [2.05, 4.69) is 4.90 Å². The Morgan fingerprint density at radius 1 is 1.12 bits per heavy atom. The maximum absolute atomic E-state index is 13.0. The van der Waals surface area contributed by atoms with E-state index in [0.717, 1.165) is 33.2 Å². The Morgan fingerprint density at radius 3 is 2.55 bits per heavy atom. The lowest BCUT2D eigenvalue weighted by molar-refractivity contribution is -0.131. The lowest BCUT2D eigenvalue weighted by Crippen LogP contribution is -2.48. The van der Waals surface area contributed by atoms with Crippen LogP contribution in [0.3, 0.4) is 0 Å². The lowest BCUT2D eigenvalue weighted by atomic mass is 10.2. The number of amides is 1. The van der Waals surface area contributed by atoms with E-state index in [1.54, 1.807) is 16.2 Å². The maximum atomic E-state index is 13.0. The Hall–Kier alpha value is -2.72. The molecular formula is C23H26FN3O4S2. The van der Waals surface area contributed by atoms with Crippen LogP contribution in [-0.2, 0) is 14.6 Å². The van der Waals surface area contributed by atoms with Gasteiger partial charge in [0.15, 0.2) is 15.0 Å². The summed E-state index contributed by atoms with van der Waals surface area (Å²) < 4.78 is 44.4. The minimum atomic E-state index is -3.53. The molecule has 0 bridgehead atoms. The van der Waals surface area contributed by atoms with Crippen molar-refractivity contribution in [1.29, 1.82) is 0 Å². The number of anilines is 1. The number of benzene rings is 2. The molecule has 1 amide bonds. The molecule has 1 aliphatic heterocycles. The topological polar surface area (TPSA) is 79.8 Å². The van der Waals surface area contributed by atoms with Crippen LogP contribution in [-0.4, -0.2) is 62.7 Å². The van der Waals surface area contributed by atoms with Crippen LogP contribution in [0.2, 0.25) is 0 Å². The van der Waals surface area contributed by atoms with Crippen molar-refractivity contribution in [2.24, 2.45) is 0 Å². The fraction of sp³-hybridized carbons (Fsp3) is 0.391. The summed E-state index contributed by atoms with van der Waals surface area (Å²) >= 11 is 1.61. The summed E-state index contributed by atoms with van der Waals surface area (Å²) in [5.41, 5.74) is 0.930. The first-order chi connectivity index (χ1) is 15.9. The average molecular weight is 492 g/mol. The van der Waals surface area contributed by atoms with Gasteiger partial charge in [0, 0.05) is 32.6 Å². The summed E-state index contributed by atoms with van der Waals surface area (Å²) in [5, 5.41) is 0.927. The largest absolute Gasteiger partial charge is 0.494 e. The highest BCUT2D eigenvalue weighted by Gasteiger charge is 2.24. The molecule has 0 saturated carbocycles. The van der Waals surface area contributed by atoms with Crippen molar-refractivity contribution in [2.45, 2.75) is 24.7 Å². The smallest absolute Gasteiger partial charge is 0.222 e. The number of nitrogens with zero attached hydrogens (tertiary/aromatic N) is 3. The molecule has 1 fully saturated rings. The van der Waals surface area contributed by atoms with Crippen molar-refractivity contribution in [2.75, 3.05) is 43.4 Å². The zero-order chi connectivity index (χ0) is 23.4. The summed E-state index contributed by atoms with van der Waals surface area (Å²) in [5.74, 6) is 0.163. The van der Waals surface area contributed by atoms with Crippen LogP contribution in [0.15, 0.2) is 47.4 Å². The summed E-state index contributed by atoms with van der Waals surface area (Å²) in [6, 6.07) is 10.6. The van der Waals surface area contributed by atoms with Gasteiger partial charge in [-0.25, -0.2) is 17.8 Å². The molecule has 0 aliphatic carbocycles. The monoisotopic (exact) mass is 491 g/mol. The van der Waals surface area contributed by atoms with Gasteiger partial charge in [-0.2, -0.15) is 0 Å². The Labute approximate surface area is 196 Å². The van der Waals surface area contributed by atoms with Crippen molar-refractivity contribution in [1.82, 2.24) is 9.88 Å². The number of carbonyl (C=O) groups is 1. The molecule has 0 radical (unpaired) electrons. The fourth-order valence-electron chi connectivity index (χ4n) is 3.76. The molecule has 10 heteroatoms. The third kappa shape index (κ3) is 5.62. The number of fused-ring (bicyclic) bond motifs is 1. The highest BCUT2D eigenvalue weighted by atomic mass is 32.2. The number of piperazine rings is 1. The second kappa shape index (κ2) is 10.0. The van der Waals surface area contributed by atoms with Crippen LogP contribution in [0.5, 0.6) is 5.75 Å². The van der Waals surface area contributed by atoms with Crippen molar-refractivity contribution < 1.29 is 22.3 Å². The molecule has 0 N–H and O–H groups in total. The van der Waals surface area contributed by atoms with Crippen LogP contribution in [0, 0.1) is 5.82 Å². The van der Waals surface area contributed by atoms with Gasteiger partial charge in [0.05, 0.1) is 27.5 Å². The Balaban J connectivity index is 1.27. The normalized spacial score (nSPS) is 14.6. The molecule has 176 valence electrons. The molecule has 1 saturated heterocycles. The van der Waals surface area contributed by atoms with Crippen LogP contribution >= 0.6 is 11.3 Å². The summed E-state index contributed by atoms with van der Waals surface area (Å²) in [6.07, 6.45) is 0.403. The molecule has 2 heterocycles. The van der Waals surface area contributed by atoms with Gasteiger partial charge in [-0.05, 0) is 55.8 Å². The second-order valence-electron chi connectivity index (χ2n) is 7.80. The van der Waals surface area contributed by atoms with E-state index >= 15 is 0 Å². The molecule has 0 atom stereocenters. The number of hydrogen-bond acceptors (Lipinski definition) is 7. The molecule has 4 rings (SSSR count). The van der Waals surface area contributed by atoms with Crippen molar-refractivity contribution in [3.8, 4) is 5.75 Å². The molecule has 7 nitrogen and oxygen atoms in total. The standard InChI is InChI=1S/C23H26FN3O4S2/c1-2-31-18-7-10-20-21(16-18)32-23(25-20)27-13-11-26(12-14-27)22(28)4-3-15-33(29,30)19-8-5-17(24)6-9-19/h5-10,16H,2-4,11-15H2,1H3. The van der Waals surface area contributed by atoms with Gasteiger partial charge in [-0.3, -0.25) is 4.79 Å². The fourth-order valence-corrected chi connectivity index (χ4v) is 6.12. The number of rotatable bonds is 8. The molecule has 2 aromatic carbocycles. The zero-order valence-electron chi connectivity index (χ0n) is 18.4. The lowest BCUT2D eigenvalue weighted by Gasteiger charge is -2.34. The SMILES string of the molecule is CCOc1ccc2nc(N3CCN(C(=O)CCCS(=O)(=O)c4ccc(F)cc4)CC3)sc2c1. The second-order valence-corrected chi connectivity index (χ2v) is 10.9. The number of thiazole rings is 1. The Kier molecular flexibility index (Phi) is 7.14. The molecule has 0 spiro atoms. The summed E-state index contributed by atoms with van der Waals surface area (Å²) in [6.45, 7) is 5.07. The van der Waals surface area contributed by atoms with E-state index in [0.29, 0.717) is 32.8 Å². The van der Waals surface area contributed by atoms with E-state index in [9.17, 15) is 17.6 Å². The first-order valence-electron chi connectivity index (χ1n) is 10.9. The zero-order valence-corrected chi connectivity index (χ0v) is 20.0. The molecule has 33 heavy (non-hydrogen) atoms. The first-order valence-corrected chi connectivity index (χ1v) is 13.4. The summed E-state index contributed by atoms with van der Waals surface area (Å²) in [7, 11) is -3.53. The molecule has 1 aromatic heterocycles. The van der Waals surface area contributed by atoms with Crippen LogP contribution in [0.25, 0.3) is 10.2 Å². The highest BCUT2D eigenvalue weighted by Crippen LogP contribution is 2.32. The quantitative estimate of drug-likeness (QED) is 0.447. The first kappa shape index (κ1) is 23.4. The average Bonchev–Trinajstić information content (AvgIpc) is 3.23. The number of carbonyl (C=O) groups excluding carboxylic acids is 1. The van der Waals surface area contributed by atoms with Crippen LogP contribution in [0.1, 0.15) is 19.8 Å². The molecule has 1 aliphatic rings. The van der Waals surface area contributed by atoms with Crippen molar-refractivity contribution >= 4 is 42.4 Å². The van der Waals surface area contributed by atoms with Gasteiger partial charge in [-0.15, -0.1) is 0 Å². The molecular weight excluding hydrogens is 465 g/mol.